The lowest BCUT2D eigenvalue weighted by Gasteiger charge is -2.25. The van der Waals surface area contributed by atoms with Crippen LogP contribution in [0.15, 0.2) is 71.5 Å². The number of rotatable bonds is 18. The number of ether oxygens (including phenoxy) is 2. The van der Waals surface area contributed by atoms with Crippen LogP contribution in [0.25, 0.3) is 0 Å². The molecule has 3 aromatic rings. The number of ketones is 1. The van der Waals surface area contributed by atoms with E-state index >= 15 is 0 Å². The molecule has 0 fully saturated rings. The molecule has 10 nitrogen and oxygen atoms in total. The summed E-state index contributed by atoms with van der Waals surface area (Å²) in [5, 5.41) is 44.2. The number of hydrogen-bond acceptors (Lipinski definition) is 9. The van der Waals surface area contributed by atoms with Crippen molar-refractivity contribution >= 4 is 12.0 Å². The lowest BCUT2D eigenvalue weighted by atomic mass is 9.82. The molecule has 1 aliphatic rings. The Morgan fingerprint density at radius 2 is 1.68 bits per heavy atom. The molecule has 0 radical (unpaired) electrons. The minimum Gasteiger partial charge on any atom is -0.670 e. The van der Waals surface area contributed by atoms with Crippen molar-refractivity contribution < 1.29 is 34.7 Å². The zero-order valence-corrected chi connectivity index (χ0v) is 25.1. The number of aliphatic hydroxyl groups excluding tert-OH is 2. The molecule has 0 spiro atoms. The van der Waals surface area contributed by atoms with Crippen LogP contribution in [0.1, 0.15) is 36.5 Å². The predicted molar refractivity (Wildman–Crippen MR) is 167 cm³/mol. The average Bonchev–Trinajstić information content (AvgIpc) is 3.71. The molecular weight excluding hydrogens is 562 g/mol. The van der Waals surface area contributed by atoms with Crippen LogP contribution < -0.4 is 19.8 Å². The maximum Gasteiger partial charge on any atom is 0.176 e. The van der Waals surface area contributed by atoms with E-state index in [4.69, 9.17) is 9.47 Å². The fourth-order valence-corrected chi connectivity index (χ4v) is 5.29. The number of nitrogens with zero attached hydrogens (tertiary/aromatic N) is 2. The number of aromatic nitrogens is 1. The number of aromatic hydroxyl groups is 2. The molecule has 234 valence electrons. The number of phenolic OH excluding ortho intramolecular Hbond substituents is 2. The van der Waals surface area contributed by atoms with Crippen LogP contribution in [0.3, 0.4) is 0 Å². The van der Waals surface area contributed by atoms with E-state index in [-0.39, 0.29) is 42.1 Å². The molecule has 2 heterocycles. The number of hydrogen-bond donors (Lipinski definition) is 5. The van der Waals surface area contributed by atoms with E-state index in [2.05, 4.69) is 15.3 Å². The Balaban J connectivity index is 1.50. The maximum atomic E-state index is 13.9. The van der Waals surface area contributed by atoms with Gasteiger partial charge in [0.05, 0.1) is 25.4 Å². The van der Waals surface area contributed by atoms with Crippen molar-refractivity contribution in [1.82, 2.24) is 10.3 Å². The molecule has 0 amide bonds. The molecule has 1 aliphatic heterocycles. The molecule has 2 aromatic carbocycles. The Morgan fingerprint density at radius 1 is 0.977 bits per heavy atom. The lowest BCUT2D eigenvalue weighted by Crippen LogP contribution is -2.30. The van der Waals surface area contributed by atoms with Crippen molar-refractivity contribution in [2.45, 2.75) is 51.2 Å². The average molecular weight is 604 g/mol. The van der Waals surface area contributed by atoms with Gasteiger partial charge in [0.1, 0.15) is 24.6 Å². The fraction of sp³-hybridized carbons (Fsp3) is 0.382. The number of aliphatic hydroxyl groups is 2. The molecule has 44 heavy (non-hydrogen) atoms. The Kier molecular flexibility index (Phi) is 11.9. The van der Waals surface area contributed by atoms with E-state index in [1.165, 1.54) is 13.2 Å². The molecule has 10 heteroatoms. The molecule has 1 aromatic heterocycles. The zero-order valence-electron chi connectivity index (χ0n) is 25.1. The van der Waals surface area contributed by atoms with Crippen molar-refractivity contribution in [3.63, 3.8) is 0 Å². The number of nitrogens with one attached hydrogen (secondary N) is 1. The molecule has 5 N–H and O–H groups in total. The Labute approximate surface area is 258 Å². The largest absolute Gasteiger partial charge is 0.670 e. The van der Waals surface area contributed by atoms with Gasteiger partial charge in [0.2, 0.25) is 0 Å². The normalized spacial score (nSPS) is 15.2. The van der Waals surface area contributed by atoms with E-state index < -0.39 is 18.1 Å². The van der Waals surface area contributed by atoms with Crippen LogP contribution >= 0.6 is 0 Å². The van der Waals surface area contributed by atoms with Crippen LogP contribution in [-0.2, 0) is 24.1 Å². The SMILES string of the molecule is COc1cc(C[C@H](Cc2cc[n-]c2)[C@H](O)CC(=O)[C@H](CC2=C[CH+]N=C2)Cc2ccc(O)c(OCNC[C@H](C)O)c2)ccc1O. The number of phenols is 2. The van der Waals surface area contributed by atoms with Crippen LogP contribution in [0.4, 0.5) is 0 Å². The summed E-state index contributed by atoms with van der Waals surface area (Å²) >= 11 is 0. The molecular formula is C34H41N3O7. The number of carbonyl (C=O) groups is 1. The highest BCUT2D eigenvalue weighted by atomic mass is 16.5. The lowest BCUT2D eigenvalue weighted by molar-refractivity contribution is -0.125. The fourth-order valence-electron chi connectivity index (χ4n) is 5.29. The summed E-state index contributed by atoms with van der Waals surface area (Å²) in [7, 11) is 1.49. The molecule has 4 atom stereocenters. The van der Waals surface area contributed by atoms with Crippen LogP contribution in [0.2, 0.25) is 0 Å². The highest BCUT2D eigenvalue weighted by Crippen LogP contribution is 2.32. The first-order valence-electron chi connectivity index (χ1n) is 14.7. The monoisotopic (exact) mass is 603 g/mol. The topological polar surface area (TPSA) is 155 Å². The number of Topliss-reactive ketones (excluding diaryl/α,β-unsaturated/α-hetero) is 1. The van der Waals surface area contributed by atoms with E-state index in [1.807, 2.05) is 12.1 Å². The van der Waals surface area contributed by atoms with Gasteiger partial charge in [-0.25, -0.2) is 0 Å². The highest BCUT2D eigenvalue weighted by Gasteiger charge is 2.30. The number of benzene rings is 2. The van der Waals surface area contributed by atoms with Crippen molar-refractivity contribution in [2.75, 3.05) is 20.4 Å². The number of carbonyl (C=O) groups excluding carboxylic acids is 1. The van der Waals surface area contributed by atoms with Gasteiger partial charge in [-0.05, 0) is 67.5 Å². The Hall–Kier alpha value is -4.25. The second kappa shape index (κ2) is 16.0. The summed E-state index contributed by atoms with van der Waals surface area (Å²) in [6, 6.07) is 12.0. The second-order valence-electron chi connectivity index (χ2n) is 11.2. The van der Waals surface area contributed by atoms with Crippen molar-refractivity contribution in [1.29, 1.82) is 0 Å². The van der Waals surface area contributed by atoms with Crippen LogP contribution in [0, 0.1) is 18.4 Å². The minimum atomic E-state index is -0.934. The van der Waals surface area contributed by atoms with E-state index in [1.54, 1.807) is 62.4 Å². The van der Waals surface area contributed by atoms with Gasteiger partial charge in [0, 0.05) is 25.3 Å². The molecule has 0 saturated heterocycles. The van der Waals surface area contributed by atoms with Gasteiger partial charge in [0.15, 0.2) is 29.2 Å². The van der Waals surface area contributed by atoms with Gasteiger partial charge in [-0.15, -0.1) is 4.99 Å². The maximum absolute atomic E-state index is 13.9. The first-order chi connectivity index (χ1) is 21.2. The third-order valence-electron chi connectivity index (χ3n) is 7.64. The number of methoxy groups -OCH3 is 1. The smallest absolute Gasteiger partial charge is 0.176 e. The zero-order chi connectivity index (χ0) is 31.5. The summed E-state index contributed by atoms with van der Waals surface area (Å²) < 4.78 is 10.9. The first-order valence-corrected chi connectivity index (χ1v) is 14.7. The second-order valence-corrected chi connectivity index (χ2v) is 11.2. The van der Waals surface area contributed by atoms with E-state index in [9.17, 15) is 25.2 Å². The van der Waals surface area contributed by atoms with E-state index in [0.717, 1.165) is 22.3 Å². The number of aliphatic imine (C=N–C) groups is 1. The van der Waals surface area contributed by atoms with Crippen molar-refractivity contribution in [3.8, 4) is 23.0 Å². The summed E-state index contributed by atoms with van der Waals surface area (Å²) in [5.41, 5.74) is 3.56. The van der Waals surface area contributed by atoms with Gasteiger partial charge in [-0.3, -0.25) is 10.1 Å². The molecule has 0 aliphatic carbocycles. The summed E-state index contributed by atoms with van der Waals surface area (Å²) in [5.74, 6) is -0.192. The summed E-state index contributed by atoms with van der Waals surface area (Å²) in [6.07, 6.45) is 7.38. The van der Waals surface area contributed by atoms with Gasteiger partial charge < -0.3 is 34.9 Å². The Morgan fingerprint density at radius 3 is 2.34 bits per heavy atom. The van der Waals surface area contributed by atoms with Gasteiger partial charge in [-0.1, -0.05) is 23.8 Å². The minimum absolute atomic E-state index is 0.0261. The van der Waals surface area contributed by atoms with Crippen LogP contribution in [0.5, 0.6) is 23.0 Å². The first kappa shape index (κ1) is 32.7. The third kappa shape index (κ3) is 9.63. The molecule has 0 unspecified atom stereocenters. The quantitative estimate of drug-likeness (QED) is 0.0835. The summed E-state index contributed by atoms with van der Waals surface area (Å²) in [6.45, 7) is 3.79. The van der Waals surface area contributed by atoms with Gasteiger partial charge in [-0.2, -0.15) is 12.4 Å². The van der Waals surface area contributed by atoms with Crippen LogP contribution in [-0.4, -0.2) is 65.0 Å². The van der Waals surface area contributed by atoms with Gasteiger partial charge in [0.25, 0.3) is 0 Å². The van der Waals surface area contributed by atoms with Gasteiger partial charge >= 0.3 is 0 Å². The molecule has 0 saturated carbocycles. The molecule has 4 rings (SSSR count). The Bertz CT molecular complexity index is 1420. The predicted octanol–water partition coefficient (Wildman–Crippen LogP) is 3.51. The third-order valence-corrected chi connectivity index (χ3v) is 7.64. The summed E-state index contributed by atoms with van der Waals surface area (Å²) in [4.78, 5) is 22.2. The van der Waals surface area contributed by atoms with Crippen molar-refractivity contribution in [3.05, 3.63) is 89.7 Å². The number of allylic oxidation sites excluding steroid dienone is 1. The standard InChI is InChI=1S/C34H41N3O7/c1-22(38)18-37-21-44-34-16-24(4-6-30(34)40)12-28(14-26-8-10-36-20-26)32(42)17-31(41)27(13-25-7-9-35-19-25)11-23-3-5-29(39)33(15-23)43-2/h3-10,15-16,19-20,22,27-28,31,37-41H,11-14,17-18,21H2,1-2H3/t22-,27+,28-,31+/m0/s1. The van der Waals surface area contributed by atoms with Crippen molar-refractivity contribution in [2.24, 2.45) is 16.8 Å². The van der Waals surface area contributed by atoms with E-state index in [0.29, 0.717) is 38.0 Å². The molecule has 0 bridgehead atoms. The highest BCUT2D eigenvalue weighted by molar-refractivity contribution is 5.86.